The first-order chi connectivity index (χ1) is 11.0. The maximum absolute atomic E-state index is 12.3. The third-order valence-electron chi connectivity index (χ3n) is 3.08. The van der Waals surface area contributed by atoms with Crippen molar-refractivity contribution < 1.29 is 23.4 Å². The van der Waals surface area contributed by atoms with E-state index in [1.165, 1.54) is 23.5 Å². The Morgan fingerprint density at radius 3 is 2.78 bits per heavy atom. The Labute approximate surface area is 135 Å². The van der Waals surface area contributed by atoms with Gasteiger partial charge in [0.1, 0.15) is 11.9 Å². The van der Waals surface area contributed by atoms with Crippen molar-refractivity contribution in [2.45, 2.75) is 19.6 Å². The molecule has 0 fully saturated rings. The van der Waals surface area contributed by atoms with Crippen molar-refractivity contribution in [3.63, 3.8) is 0 Å². The quantitative estimate of drug-likeness (QED) is 0.752. The van der Waals surface area contributed by atoms with E-state index >= 15 is 0 Å². The number of anilines is 1. The number of carbonyl (C=O) groups excluding carboxylic acids is 1. The Bertz CT molecular complexity index is 650. The molecule has 0 bridgehead atoms. The molecule has 23 heavy (non-hydrogen) atoms. The van der Waals surface area contributed by atoms with E-state index in [2.05, 4.69) is 15.4 Å². The number of nitrogens with one attached hydrogen (secondary N) is 2. The molecular weight excluding hydrogens is 326 g/mol. The summed E-state index contributed by atoms with van der Waals surface area (Å²) in [7, 11) is 0. The smallest absolute Gasteiger partial charge is 0.387 e. The summed E-state index contributed by atoms with van der Waals surface area (Å²) < 4.78 is 29.0. The van der Waals surface area contributed by atoms with Crippen LogP contribution in [0.5, 0.6) is 5.75 Å². The number of carbonyl (C=O) groups is 1. The Morgan fingerprint density at radius 1 is 1.35 bits per heavy atom. The number of halogens is 2. The van der Waals surface area contributed by atoms with Gasteiger partial charge in [0.25, 0.3) is 0 Å². The molecule has 0 aliphatic rings. The number of aliphatic hydroxyl groups is 1. The second kappa shape index (κ2) is 7.89. The fourth-order valence-electron chi connectivity index (χ4n) is 1.91. The van der Waals surface area contributed by atoms with Gasteiger partial charge in [0.2, 0.25) is 0 Å². The zero-order valence-electron chi connectivity index (χ0n) is 12.3. The van der Waals surface area contributed by atoms with E-state index in [1.54, 1.807) is 25.1 Å². The second-order valence-corrected chi connectivity index (χ2v) is 5.65. The number of hydrogen-bond donors (Lipinski definition) is 3. The lowest BCUT2D eigenvalue weighted by Gasteiger charge is -2.14. The fourth-order valence-corrected chi connectivity index (χ4v) is 2.62. The van der Waals surface area contributed by atoms with Crippen LogP contribution in [-0.4, -0.2) is 24.3 Å². The van der Waals surface area contributed by atoms with Gasteiger partial charge in [-0.05, 0) is 30.5 Å². The highest BCUT2D eigenvalue weighted by molar-refractivity contribution is 7.10. The molecule has 1 aromatic heterocycles. The third kappa shape index (κ3) is 4.90. The number of amides is 2. The summed E-state index contributed by atoms with van der Waals surface area (Å²) >= 11 is 1.39. The number of benzene rings is 1. The van der Waals surface area contributed by atoms with Gasteiger partial charge in [0, 0.05) is 16.1 Å². The van der Waals surface area contributed by atoms with Crippen molar-refractivity contribution in [1.29, 1.82) is 0 Å². The molecule has 0 spiro atoms. The molecule has 2 aromatic rings. The van der Waals surface area contributed by atoms with Crippen molar-refractivity contribution in [1.82, 2.24) is 5.32 Å². The van der Waals surface area contributed by atoms with Gasteiger partial charge in [-0.1, -0.05) is 12.1 Å². The van der Waals surface area contributed by atoms with Crippen LogP contribution in [0, 0.1) is 6.92 Å². The number of aliphatic hydroxyl groups excluding tert-OH is 1. The van der Waals surface area contributed by atoms with Crippen LogP contribution in [0.4, 0.5) is 19.3 Å². The molecule has 0 aliphatic heterocycles. The van der Waals surface area contributed by atoms with Gasteiger partial charge in [-0.15, -0.1) is 11.3 Å². The van der Waals surface area contributed by atoms with Crippen LogP contribution in [0.25, 0.3) is 0 Å². The van der Waals surface area contributed by atoms with Crippen LogP contribution in [0.3, 0.4) is 0 Å². The van der Waals surface area contributed by atoms with Gasteiger partial charge in [-0.2, -0.15) is 8.78 Å². The number of urea groups is 1. The predicted molar refractivity (Wildman–Crippen MR) is 84.1 cm³/mol. The van der Waals surface area contributed by atoms with Gasteiger partial charge < -0.3 is 20.5 Å². The second-order valence-electron chi connectivity index (χ2n) is 4.67. The summed E-state index contributed by atoms with van der Waals surface area (Å²) in [4.78, 5) is 12.6. The predicted octanol–water partition coefficient (Wildman–Crippen LogP) is 3.51. The highest BCUT2D eigenvalue weighted by Crippen LogP contribution is 2.26. The first-order valence-electron chi connectivity index (χ1n) is 6.78. The Morgan fingerprint density at radius 2 is 2.13 bits per heavy atom. The zero-order valence-corrected chi connectivity index (χ0v) is 13.1. The van der Waals surface area contributed by atoms with E-state index in [9.17, 15) is 18.7 Å². The SMILES string of the molecule is Cc1c(NC(=O)NC[C@@H](O)c2cccs2)cccc1OC(F)F. The van der Waals surface area contributed by atoms with Gasteiger partial charge in [0.05, 0.1) is 6.54 Å². The molecule has 1 heterocycles. The zero-order chi connectivity index (χ0) is 16.8. The van der Waals surface area contributed by atoms with Gasteiger partial charge in [0.15, 0.2) is 0 Å². The van der Waals surface area contributed by atoms with E-state index in [4.69, 9.17) is 0 Å². The molecule has 0 saturated carbocycles. The molecule has 3 N–H and O–H groups in total. The molecular formula is C15H16F2N2O3S. The minimum absolute atomic E-state index is 0.00331. The van der Waals surface area contributed by atoms with Crippen LogP contribution in [0.15, 0.2) is 35.7 Å². The number of alkyl halides is 2. The van der Waals surface area contributed by atoms with E-state index in [-0.39, 0.29) is 12.3 Å². The largest absolute Gasteiger partial charge is 0.434 e. The summed E-state index contributed by atoms with van der Waals surface area (Å²) in [6.07, 6.45) is -0.796. The Hall–Kier alpha value is -2.19. The normalized spacial score (nSPS) is 12.0. The first-order valence-corrected chi connectivity index (χ1v) is 7.66. The lowest BCUT2D eigenvalue weighted by Crippen LogP contribution is -2.32. The van der Waals surface area contributed by atoms with E-state index < -0.39 is 18.7 Å². The maximum Gasteiger partial charge on any atom is 0.387 e. The molecule has 2 amide bonds. The average molecular weight is 342 g/mol. The highest BCUT2D eigenvalue weighted by Gasteiger charge is 2.13. The maximum atomic E-state index is 12.3. The topological polar surface area (TPSA) is 70.6 Å². The summed E-state index contributed by atoms with van der Waals surface area (Å²) in [5.74, 6) is -0.00331. The van der Waals surface area contributed by atoms with Crippen LogP contribution in [0.1, 0.15) is 16.5 Å². The minimum Gasteiger partial charge on any atom is -0.434 e. The van der Waals surface area contributed by atoms with E-state index in [0.717, 1.165) is 4.88 Å². The lowest BCUT2D eigenvalue weighted by atomic mass is 10.2. The molecule has 8 heteroatoms. The van der Waals surface area contributed by atoms with E-state index in [1.807, 2.05) is 5.38 Å². The summed E-state index contributed by atoms with van der Waals surface area (Å²) in [5.41, 5.74) is 0.744. The standard InChI is InChI=1S/C15H16F2N2O3S/c1-9-10(4-2-5-12(9)22-14(16)17)19-15(21)18-8-11(20)13-6-3-7-23-13/h2-7,11,14,20H,8H2,1H3,(H2,18,19,21)/t11-/m1/s1. The molecule has 1 aromatic carbocycles. The Kier molecular flexibility index (Phi) is 5.89. The molecule has 124 valence electrons. The summed E-state index contributed by atoms with van der Waals surface area (Å²) in [6.45, 7) is -1.33. The van der Waals surface area contributed by atoms with Crippen molar-refractivity contribution in [3.8, 4) is 5.75 Å². The fraction of sp³-hybridized carbons (Fsp3) is 0.267. The van der Waals surface area contributed by atoms with Crippen LogP contribution in [-0.2, 0) is 0 Å². The van der Waals surface area contributed by atoms with Crippen molar-refractivity contribution in [3.05, 3.63) is 46.2 Å². The van der Waals surface area contributed by atoms with Crippen LogP contribution >= 0.6 is 11.3 Å². The minimum atomic E-state index is -2.93. The first kappa shape index (κ1) is 17.2. The molecule has 0 aliphatic carbocycles. The monoisotopic (exact) mass is 342 g/mol. The molecule has 0 unspecified atom stereocenters. The van der Waals surface area contributed by atoms with Gasteiger partial charge >= 0.3 is 12.6 Å². The van der Waals surface area contributed by atoms with E-state index in [0.29, 0.717) is 11.3 Å². The molecule has 2 rings (SSSR count). The number of ether oxygens (including phenoxy) is 1. The summed E-state index contributed by atoms with van der Waals surface area (Å²) in [6, 6.07) is 7.50. The highest BCUT2D eigenvalue weighted by atomic mass is 32.1. The van der Waals surface area contributed by atoms with Gasteiger partial charge in [-0.25, -0.2) is 4.79 Å². The van der Waals surface area contributed by atoms with Gasteiger partial charge in [-0.3, -0.25) is 0 Å². The third-order valence-corrected chi connectivity index (χ3v) is 4.05. The van der Waals surface area contributed by atoms with Crippen LogP contribution in [0.2, 0.25) is 0 Å². The van der Waals surface area contributed by atoms with Crippen molar-refractivity contribution >= 4 is 23.1 Å². The number of thiophene rings is 1. The summed E-state index contributed by atoms with van der Waals surface area (Å²) in [5, 5.41) is 16.8. The van der Waals surface area contributed by atoms with Crippen molar-refractivity contribution in [2.24, 2.45) is 0 Å². The number of rotatable bonds is 6. The van der Waals surface area contributed by atoms with Crippen molar-refractivity contribution in [2.75, 3.05) is 11.9 Å². The molecule has 0 saturated heterocycles. The molecule has 5 nitrogen and oxygen atoms in total. The Balaban J connectivity index is 1.92. The lowest BCUT2D eigenvalue weighted by molar-refractivity contribution is -0.0502. The number of hydrogen-bond acceptors (Lipinski definition) is 4. The average Bonchev–Trinajstić information content (AvgIpc) is 3.03. The molecule has 0 radical (unpaired) electrons. The van der Waals surface area contributed by atoms with Crippen LogP contribution < -0.4 is 15.4 Å². The molecule has 1 atom stereocenters.